The van der Waals surface area contributed by atoms with Crippen LogP contribution in [0.1, 0.15) is 27.2 Å². The van der Waals surface area contributed by atoms with Gasteiger partial charge in [0, 0.05) is 6.54 Å². The van der Waals surface area contributed by atoms with Gasteiger partial charge < -0.3 is 10.1 Å². The van der Waals surface area contributed by atoms with Crippen molar-refractivity contribution in [3.05, 3.63) is 28.0 Å². The Hall–Kier alpha value is -1.00. The van der Waals surface area contributed by atoms with E-state index in [9.17, 15) is 9.18 Å². The van der Waals surface area contributed by atoms with Crippen LogP contribution in [-0.4, -0.2) is 18.1 Å². The summed E-state index contributed by atoms with van der Waals surface area (Å²) in [6.07, 6.45) is 0.168. The third-order valence-corrected chi connectivity index (χ3v) is 2.65. The van der Waals surface area contributed by atoms with Gasteiger partial charge in [-0.3, -0.25) is 4.79 Å². The first-order valence-corrected chi connectivity index (χ1v) is 6.55. The molecule has 106 valence electrons. The maximum atomic E-state index is 13.0. The summed E-state index contributed by atoms with van der Waals surface area (Å²) in [6, 6.07) is 2.31. The second kappa shape index (κ2) is 6.44. The third kappa shape index (κ3) is 5.66. The minimum absolute atomic E-state index is 0.168. The summed E-state index contributed by atoms with van der Waals surface area (Å²) in [5.41, 5.74) is -0.101. The third-order valence-electron chi connectivity index (χ3n) is 2.06. The van der Waals surface area contributed by atoms with Crippen molar-refractivity contribution in [2.75, 3.05) is 11.9 Å². The van der Waals surface area contributed by atoms with E-state index in [-0.39, 0.29) is 22.4 Å². The lowest BCUT2D eigenvalue weighted by atomic mass is 10.2. The van der Waals surface area contributed by atoms with Crippen LogP contribution >= 0.6 is 23.2 Å². The fourth-order valence-corrected chi connectivity index (χ4v) is 1.99. The highest BCUT2D eigenvalue weighted by Gasteiger charge is 2.16. The van der Waals surface area contributed by atoms with E-state index < -0.39 is 11.4 Å². The summed E-state index contributed by atoms with van der Waals surface area (Å²) < 4.78 is 18.1. The second-order valence-electron chi connectivity index (χ2n) is 5.01. The van der Waals surface area contributed by atoms with Crippen LogP contribution in [0, 0.1) is 5.82 Å². The molecule has 0 unspecified atom stereocenters. The van der Waals surface area contributed by atoms with E-state index in [0.29, 0.717) is 12.2 Å². The molecule has 0 saturated heterocycles. The molecule has 0 radical (unpaired) electrons. The molecule has 0 spiro atoms. The lowest BCUT2D eigenvalue weighted by molar-refractivity contribution is -0.154. The average Bonchev–Trinajstić information content (AvgIpc) is 2.19. The van der Waals surface area contributed by atoms with Gasteiger partial charge in [-0.1, -0.05) is 23.2 Å². The van der Waals surface area contributed by atoms with Gasteiger partial charge in [-0.15, -0.1) is 0 Å². The van der Waals surface area contributed by atoms with Gasteiger partial charge >= 0.3 is 5.97 Å². The molecule has 0 aliphatic rings. The van der Waals surface area contributed by atoms with E-state index in [0.717, 1.165) is 12.1 Å². The lowest BCUT2D eigenvalue weighted by Gasteiger charge is -2.19. The number of carbonyl (C=O) groups excluding carboxylic acids is 1. The van der Waals surface area contributed by atoms with Crippen molar-refractivity contribution in [3.8, 4) is 0 Å². The van der Waals surface area contributed by atoms with Crippen molar-refractivity contribution in [1.29, 1.82) is 0 Å². The average molecular weight is 308 g/mol. The van der Waals surface area contributed by atoms with Gasteiger partial charge in [-0.25, -0.2) is 4.39 Å². The van der Waals surface area contributed by atoms with Crippen LogP contribution < -0.4 is 5.32 Å². The first-order valence-electron chi connectivity index (χ1n) is 5.79. The number of hydrogen-bond donors (Lipinski definition) is 1. The maximum Gasteiger partial charge on any atom is 0.308 e. The summed E-state index contributed by atoms with van der Waals surface area (Å²) in [5, 5.41) is 3.24. The molecule has 0 aliphatic carbocycles. The highest BCUT2D eigenvalue weighted by Crippen LogP contribution is 2.31. The molecule has 0 fully saturated rings. The van der Waals surface area contributed by atoms with E-state index in [4.69, 9.17) is 27.9 Å². The highest BCUT2D eigenvalue weighted by atomic mass is 35.5. The Morgan fingerprint density at radius 2 is 1.84 bits per heavy atom. The first-order chi connectivity index (χ1) is 8.69. The summed E-state index contributed by atoms with van der Waals surface area (Å²) in [7, 11) is 0. The van der Waals surface area contributed by atoms with E-state index in [1.807, 2.05) is 0 Å². The van der Waals surface area contributed by atoms with Crippen molar-refractivity contribution in [2.24, 2.45) is 0 Å². The van der Waals surface area contributed by atoms with E-state index in [1.165, 1.54) is 0 Å². The Labute approximate surface area is 122 Å². The van der Waals surface area contributed by atoms with Crippen LogP contribution in [0.4, 0.5) is 10.1 Å². The molecule has 1 N–H and O–H groups in total. The van der Waals surface area contributed by atoms with E-state index in [1.54, 1.807) is 20.8 Å². The van der Waals surface area contributed by atoms with Crippen molar-refractivity contribution in [1.82, 2.24) is 0 Å². The quantitative estimate of drug-likeness (QED) is 0.844. The van der Waals surface area contributed by atoms with Crippen LogP contribution in [0.25, 0.3) is 0 Å². The van der Waals surface area contributed by atoms with Crippen LogP contribution in [0.2, 0.25) is 10.0 Å². The Balaban J connectivity index is 2.52. The predicted molar refractivity (Wildman–Crippen MR) is 75.4 cm³/mol. The van der Waals surface area contributed by atoms with Crippen molar-refractivity contribution < 1.29 is 13.9 Å². The van der Waals surface area contributed by atoms with Crippen molar-refractivity contribution in [2.45, 2.75) is 32.8 Å². The van der Waals surface area contributed by atoms with Crippen LogP contribution in [-0.2, 0) is 9.53 Å². The van der Waals surface area contributed by atoms with Crippen molar-refractivity contribution >= 4 is 34.9 Å². The molecule has 0 atom stereocenters. The summed E-state index contributed by atoms with van der Waals surface area (Å²) in [5.74, 6) is -0.831. The molecule has 1 rings (SSSR count). The Bertz CT molecular complexity index is 449. The molecule has 0 aliphatic heterocycles. The Kier molecular flexibility index (Phi) is 5.44. The zero-order valence-electron chi connectivity index (χ0n) is 11.0. The zero-order valence-corrected chi connectivity index (χ0v) is 12.5. The number of nitrogens with one attached hydrogen (secondary N) is 1. The molecule has 1 aromatic rings. The maximum absolute atomic E-state index is 13.0. The number of rotatable bonds is 4. The zero-order chi connectivity index (χ0) is 14.6. The molecular weight excluding hydrogens is 292 g/mol. The van der Waals surface area contributed by atoms with Gasteiger partial charge in [0.15, 0.2) is 0 Å². The SMILES string of the molecule is CC(C)(C)OC(=O)CCNc1c(Cl)cc(F)cc1Cl. The Morgan fingerprint density at radius 3 is 2.32 bits per heavy atom. The number of ether oxygens (including phenoxy) is 1. The summed E-state index contributed by atoms with van der Waals surface area (Å²) >= 11 is 11.7. The molecule has 0 aromatic heterocycles. The van der Waals surface area contributed by atoms with Gasteiger partial charge in [-0.05, 0) is 32.9 Å². The number of carbonyl (C=O) groups is 1. The highest BCUT2D eigenvalue weighted by molar-refractivity contribution is 6.39. The van der Waals surface area contributed by atoms with Gasteiger partial charge in [0.1, 0.15) is 11.4 Å². The number of esters is 1. The predicted octanol–water partition coefficient (Wildman–Crippen LogP) is 4.28. The van der Waals surface area contributed by atoms with Gasteiger partial charge in [0.2, 0.25) is 0 Å². The first kappa shape index (κ1) is 16.1. The van der Waals surface area contributed by atoms with E-state index in [2.05, 4.69) is 5.32 Å². The number of halogens is 3. The number of benzene rings is 1. The molecule has 3 nitrogen and oxygen atoms in total. The molecular formula is C13H16Cl2FNO2. The van der Waals surface area contributed by atoms with Crippen LogP contribution in [0.3, 0.4) is 0 Å². The summed E-state index contributed by atoms with van der Waals surface area (Å²) in [4.78, 5) is 11.5. The standard InChI is InChI=1S/C13H16Cl2FNO2/c1-13(2,3)19-11(18)4-5-17-12-9(14)6-8(16)7-10(12)15/h6-7,17H,4-5H2,1-3H3. The smallest absolute Gasteiger partial charge is 0.308 e. The van der Waals surface area contributed by atoms with Crippen LogP contribution in [0.15, 0.2) is 12.1 Å². The fraction of sp³-hybridized carbons (Fsp3) is 0.462. The van der Waals surface area contributed by atoms with Crippen molar-refractivity contribution in [3.63, 3.8) is 0 Å². The molecule has 0 heterocycles. The van der Waals surface area contributed by atoms with Gasteiger partial charge in [0.05, 0.1) is 22.2 Å². The van der Waals surface area contributed by atoms with E-state index >= 15 is 0 Å². The lowest BCUT2D eigenvalue weighted by Crippen LogP contribution is -2.25. The van der Waals surface area contributed by atoms with Crippen LogP contribution in [0.5, 0.6) is 0 Å². The molecule has 0 bridgehead atoms. The second-order valence-corrected chi connectivity index (χ2v) is 5.82. The Morgan fingerprint density at radius 1 is 1.32 bits per heavy atom. The fourth-order valence-electron chi connectivity index (χ4n) is 1.39. The molecule has 6 heteroatoms. The van der Waals surface area contributed by atoms with Gasteiger partial charge in [0.25, 0.3) is 0 Å². The number of anilines is 1. The minimum Gasteiger partial charge on any atom is -0.460 e. The molecule has 0 amide bonds. The minimum atomic E-state index is -0.512. The monoisotopic (exact) mass is 307 g/mol. The topological polar surface area (TPSA) is 38.3 Å². The van der Waals surface area contributed by atoms with Gasteiger partial charge in [-0.2, -0.15) is 0 Å². The summed E-state index contributed by atoms with van der Waals surface area (Å²) in [6.45, 7) is 5.70. The largest absolute Gasteiger partial charge is 0.460 e. The molecule has 1 aromatic carbocycles. The molecule has 0 saturated carbocycles. The molecule has 19 heavy (non-hydrogen) atoms. The number of hydrogen-bond acceptors (Lipinski definition) is 3. The normalized spacial score (nSPS) is 11.3.